The van der Waals surface area contributed by atoms with Gasteiger partial charge in [-0.3, -0.25) is 14.9 Å². The van der Waals surface area contributed by atoms with Crippen molar-refractivity contribution in [2.75, 3.05) is 33.2 Å². The minimum atomic E-state index is -0.811. The lowest BCUT2D eigenvalue weighted by atomic mass is 9.89. The number of carbonyl (C=O) groups excluding carboxylic acids is 3. The van der Waals surface area contributed by atoms with Gasteiger partial charge in [0.15, 0.2) is 0 Å². The van der Waals surface area contributed by atoms with Gasteiger partial charge in [0.2, 0.25) is 0 Å². The molecule has 0 aliphatic carbocycles. The number of nitrogens with zero attached hydrogens (tertiary/aromatic N) is 1. The smallest absolute Gasteiger partial charge is 0.340 e. The van der Waals surface area contributed by atoms with Crippen LogP contribution in [-0.2, 0) is 19.0 Å². The van der Waals surface area contributed by atoms with Gasteiger partial charge in [0.25, 0.3) is 5.69 Å². The van der Waals surface area contributed by atoms with Gasteiger partial charge in [0.05, 0.1) is 43.1 Å². The zero-order chi connectivity index (χ0) is 22.4. The van der Waals surface area contributed by atoms with Gasteiger partial charge in [-0.05, 0) is 24.1 Å². The van der Waals surface area contributed by atoms with Crippen LogP contribution in [0.3, 0.4) is 0 Å². The molecule has 0 amide bonds. The highest BCUT2D eigenvalue weighted by atomic mass is 16.6. The maximum Gasteiger partial charge on any atom is 0.340 e. The minimum absolute atomic E-state index is 0.0435. The number of aryl methyl sites for hydroxylation is 1. The molecule has 0 radical (unpaired) electrons. The second-order valence-electron chi connectivity index (χ2n) is 6.09. The highest BCUT2D eigenvalue weighted by Gasteiger charge is 2.28. The number of rotatable bonds is 7. The van der Waals surface area contributed by atoms with Gasteiger partial charge < -0.3 is 19.5 Å². The van der Waals surface area contributed by atoms with Crippen molar-refractivity contribution in [2.45, 2.75) is 6.92 Å². The molecule has 30 heavy (non-hydrogen) atoms. The van der Waals surface area contributed by atoms with Crippen molar-refractivity contribution in [3.05, 3.63) is 57.1 Å². The summed E-state index contributed by atoms with van der Waals surface area (Å²) in [5.41, 5.74) is 0.668. The highest BCUT2D eigenvalue weighted by molar-refractivity contribution is 6.10. The highest BCUT2D eigenvalue weighted by Crippen LogP contribution is 2.37. The molecule has 0 heterocycles. The van der Waals surface area contributed by atoms with Crippen LogP contribution in [-0.4, -0.2) is 50.7 Å². The lowest BCUT2D eigenvalue weighted by Gasteiger charge is -2.19. The third-order valence-corrected chi connectivity index (χ3v) is 4.30. The van der Waals surface area contributed by atoms with Gasteiger partial charge in [-0.25, -0.2) is 9.59 Å². The van der Waals surface area contributed by atoms with Crippen LogP contribution >= 0.6 is 0 Å². The first-order valence-corrected chi connectivity index (χ1v) is 8.64. The Morgan fingerprint density at radius 2 is 1.63 bits per heavy atom. The van der Waals surface area contributed by atoms with E-state index in [9.17, 15) is 24.5 Å². The van der Waals surface area contributed by atoms with E-state index in [1.54, 1.807) is 6.92 Å². The van der Waals surface area contributed by atoms with E-state index >= 15 is 0 Å². The third kappa shape index (κ3) is 4.54. The Hall–Kier alpha value is -3.95. The van der Waals surface area contributed by atoms with E-state index in [0.29, 0.717) is 5.56 Å². The number of ether oxygens (including phenoxy) is 3. The molecule has 1 N–H and O–H groups in total. The molecule has 10 heteroatoms. The molecular weight excluding hydrogens is 396 g/mol. The number of non-ortho nitro benzene ring substituents is 1. The third-order valence-electron chi connectivity index (χ3n) is 4.30. The van der Waals surface area contributed by atoms with E-state index in [1.807, 2.05) is 0 Å². The number of benzene rings is 2. The molecule has 0 aromatic heterocycles. The molecule has 2 aromatic carbocycles. The normalized spacial score (nSPS) is 10.1. The Labute approximate surface area is 171 Å². The maximum absolute atomic E-state index is 12.7. The number of nitro groups is 1. The van der Waals surface area contributed by atoms with Crippen LogP contribution in [0.5, 0.6) is 0 Å². The Morgan fingerprint density at radius 1 is 1.00 bits per heavy atom. The van der Waals surface area contributed by atoms with Crippen molar-refractivity contribution >= 4 is 29.3 Å². The van der Waals surface area contributed by atoms with Gasteiger partial charge >= 0.3 is 17.9 Å². The number of esters is 3. The molecule has 2 rings (SSSR count). The summed E-state index contributed by atoms with van der Waals surface area (Å²) in [7, 11) is 3.55. The summed E-state index contributed by atoms with van der Waals surface area (Å²) in [4.78, 5) is 47.4. The largest absolute Gasteiger partial charge is 0.468 e. The van der Waals surface area contributed by atoms with Crippen molar-refractivity contribution in [1.29, 1.82) is 0 Å². The number of nitrogens with one attached hydrogen (secondary N) is 1. The van der Waals surface area contributed by atoms with Crippen LogP contribution in [0, 0.1) is 17.0 Å². The standard InChI is InChI=1S/C20H20N2O8/c1-11-8-14(21-10-15(23)28-2)18(20(25)30-4)17(16(11)19(24)29-3)12-6-5-7-13(9-12)22(26)27/h5-9,21H,10H2,1-4H3. The molecule has 0 atom stereocenters. The zero-order valence-electron chi connectivity index (χ0n) is 16.8. The molecule has 10 nitrogen and oxygen atoms in total. The second kappa shape index (κ2) is 9.50. The molecule has 0 spiro atoms. The Morgan fingerprint density at radius 3 is 2.20 bits per heavy atom. The Balaban J connectivity index is 2.89. The number of hydrogen-bond acceptors (Lipinski definition) is 9. The van der Waals surface area contributed by atoms with E-state index in [1.165, 1.54) is 44.6 Å². The first-order valence-electron chi connectivity index (χ1n) is 8.64. The fourth-order valence-corrected chi connectivity index (χ4v) is 2.94. The molecule has 0 bridgehead atoms. The van der Waals surface area contributed by atoms with Crippen LogP contribution in [0.2, 0.25) is 0 Å². The fraction of sp³-hybridized carbons (Fsp3) is 0.250. The first-order chi connectivity index (χ1) is 14.2. The number of carbonyl (C=O) groups is 3. The van der Waals surface area contributed by atoms with Crippen LogP contribution < -0.4 is 5.32 Å². The maximum atomic E-state index is 12.7. The molecule has 2 aromatic rings. The molecule has 0 aliphatic rings. The van der Waals surface area contributed by atoms with E-state index < -0.39 is 22.8 Å². The molecule has 0 saturated heterocycles. The van der Waals surface area contributed by atoms with Crippen molar-refractivity contribution in [3.63, 3.8) is 0 Å². The van der Waals surface area contributed by atoms with Crippen LogP contribution in [0.15, 0.2) is 30.3 Å². The van der Waals surface area contributed by atoms with Gasteiger partial charge in [0, 0.05) is 17.7 Å². The van der Waals surface area contributed by atoms with Crippen molar-refractivity contribution in [2.24, 2.45) is 0 Å². The molecule has 0 fully saturated rings. The molecular formula is C20H20N2O8. The minimum Gasteiger partial charge on any atom is -0.468 e. The molecule has 0 unspecified atom stereocenters. The topological polar surface area (TPSA) is 134 Å². The summed E-state index contributed by atoms with van der Waals surface area (Å²) < 4.78 is 14.3. The van der Waals surface area contributed by atoms with Gasteiger partial charge in [-0.15, -0.1) is 0 Å². The van der Waals surface area contributed by atoms with E-state index in [4.69, 9.17) is 9.47 Å². The quantitative estimate of drug-likeness (QED) is 0.313. The summed E-state index contributed by atoms with van der Waals surface area (Å²) in [6.07, 6.45) is 0. The van der Waals surface area contributed by atoms with Crippen LogP contribution in [0.25, 0.3) is 11.1 Å². The average Bonchev–Trinajstić information content (AvgIpc) is 2.75. The lowest BCUT2D eigenvalue weighted by molar-refractivity contribution is -0.384. The number of hydrogen-bond donors (Lipinski definition) is 1. The number of nitro benzene ring substituents is 1. The molecule has 158 valence electrons. The summed E-state index contributed by atoms with van der Waals surface area (Å²) >= 11 is 0. The second-order valence-corrected chi connectivity index (χ2v) is 6.09. The monoisotopic (exact) mass is 416 g/mol. The van der Waals surface area contributed by atoms with E-state index in [0.717, 1.165) is 7.11 Å². The Kier molecular flexibility index (Phi) is 7.08. The SMILES string of the molecule is COC(=O)CNc1cc(C)c(C(=O)OC)c(-c2cccc([N+](=O)[O-])c2)c1C(=O)OC. The molecule has 0 saturated carbocycles. The summed E-state index contributed by atoms with van der Waals surface area (Å²) in [5, 5.41) is 14.0. The summed E-state index contributed by atoms with van der Waals surface area (Å²) in [5.74, 6) is -2.13. The molecule has 0 aliphatic heterocycles. The summed E-state index contributed by atoms with van der Waals surface area (Å²) in [6.45, 7) is 1.35. The van der Waals surface area contributed by atoms with Gasteiger partial charge in [-0.1, -0.05) is 12.1 Å². The van der Waals surface area contributed by atoms with Gasteiger partial charge in [-0.2, -0.15) is 0 Å². The van der Waals surface area contributed by atoms with E-state index in [2.05, 4.69) is 10.1 Å². The van der Waals surface area contributed by atoms with Crippen molar-refractivity contribution in [3.8, 4) is 11.1 Å². The van der Waals surface area contributed by atoms with Crippen molar-refractivity contribution < 1.29 is 33.5 Å². The number of anilines is 1. The fourth-order valence-electron chi connectivity index (χ4n) is 2.94. The Bertz CT molecular complexity index is 1020. The summed E-state index contributed by atoms with van der Waals surface area (Å²) in [6, 6.07) is 6.95. The average molecular weight is 416 g/mol. The van der Waals surface area contributed by atoms with Crippen molar-refractivity contribution in [1.82, 2.24) is 0 Å². The van der Waals surface area contributed by atoms with Crippen LogP contribution in [0.1, 0.15) is 26.3 Å². The lowest BCUT2D eigenvalue weighted by Crippen LogP contribution is -2.20. The predicted octanol–water partition coefficient (Wildman–Crippen LogP) is 2.73. The van der Waals surface area contributed by atoms with Crippen LogP contribution in [0.4, 0.5) is 11.4 Å². The predicted molar refractivity (Wildman–Crippen MR) is 106 cm³/mol. The number of methoxy groups -OCH3 is 3. The first kappa shape index (κ1) is 22.3. The van der Waals surface area contributed by atoms with Gasteiger partial charge in [0.1, 0.15) is 6.54 Å². The zero-order valence-corrected chi connectivity index (χ0v) is 16.8. The van der Waals surface area contributed by atoms with E-state index in [-0.39, 0.29) is 40.2 Å².